The fourth-order valence-corrected chi connectivity index (χ4v) is 3.76. The Kier molecular flexibility index (Phi) is 3.13. The Hall–Kier alpha value is -2.16. The first kappa shape index (κ1) is 14.8. The molecule has 0 amide bonds. The third-order valence-electron chi connectivity index (χ3n) is 4.46. The van der Waals surface area contributed by atoms with E-state index in [9.17, 15) is 4.79 Å². The predicted octanol–water partition coefficient (Wildman–Crippen LogP) is 3.70. The number of hydrogen-bond donors (Lipinski definition) is 1. The number of Topliss-reactive ketones (excluding diaryl/α,β-unsaturated/α-hetero) is 1. The second-order valence-corrected chi connectivity index (χ2v) is 7.06. The number of aliphatic imine (C=N–C) groups is 1. The van der Waals surface area contributed by atoms with Crippen LogP contribution in [0.3, 0.4) is 0 Å². The number of nitrogens with two attached hydrogens (primary N) is 1. The third kappa shape index (κ3) is 2.21. The summed E-state index contributed by atoms with van der Waals surface area (Å²) >= 11 is 0. The van der Waals surface area contributed by atoms with Crippen LogP contribution in [0, 0.1) is 5.41 Å². The first-order valence-electron chi connectivity index (χ1n) is 7.63. The molecule has 0 aromatic heterocycles. The van der Waals surface area contributed by atoms with Gasteiger partial charge in [-0.15, -0.1) is 0 Å². The highest BCUT2D eigenvalue weighted by molar-refractivity contribution is 6.16. The summed E-state index contributed by atoms with van der Waals surface area (Å²) in [6.07, 6.45) is 5.00. The minimum absolute atomic E-state index is 0.121. The molecule has 114 valence electrons. The molecule has 3 heteroatoms. The number of nitrogens with zero attached hydrogens (tertiary/aromatic N) is 1. The number of anilines is 1. The van der Waals surface area contributed by atoms with Crippen molar-refractivity contribution in [2.45, 2.75) is 39.7 Å². The van der Waals surface area contributed by atoms with Crippen molar-refractivity contribution in [3.8, 4) is 0 Å². The number of ketones is 1. The summed E-state index contributed by atoms with van der Waals surface area (Å²) in [7, 11) is 0. The number of rotatable bonds is 1. The molecule has 1 spiro atoms. The Morgan fingerprint density at radius 1 is 1.09 bits per heavy atom. The second-order valence-electron chi connectivity index (χ2n) is 7.06. The molecule has 2 aliphatic rings. The molecule has 1 heterocycles. The Balaban J connectivity index is 2.23. The zero-order chi connectivity index (χ0) is 16.1. The van der Waals surface area contributed by atoms with Crippen molar-refractivity contribution in [3.05, 3.63) is 53.1 Å². The number of benzene rings is 1. The smallest absolute Gasteiger partial charge is 0.183 e. The maximum absolute atomic E-state index is 12.1. The number of hydrogen-bond acceptors (Lipinski definition) is 3. The fourth-order valence-electron chi connectivity index (χ4n) is 3.76. The standard InChI is InChI=1S/C19H22N2O/c1-12-9-19(10-13(2)16(12)22)11-18(3,4)21-17(19)14-7-5-6-8-15(14)20/h5-10H,11,20H2,1-4H3. The average Bonchev–Trinajstić information content (AvgIpc) is 2.67. The normalized spacial score (nSPS) is 22.4. The number of para-hydroxylation sites is 1. The SMILES string of the molecule is CC1=CC2(C=C(C)C1=O)CC(C)(C)N=C2c1ccccc1N. The molecule has 22 heavy (non-hydrogen) atoms. The van der Waals surface area contributed by atoms with Gasteiger partial charge in [-0.25, -0.2) is 0 Å². The number of allylic oxidation sites excluding steroid dienone is 4. The van der Waals surface area contributed by atoms with Crippen LogP contribution in [-0.2, 0) is 4.79 Å². The monoisotopic (exact) mass is 294 g/mol. The molecule has 0 saturated heterocycles. The number of carbonyl (C=O) groups is 1. The predicted molar refractivity (Wildman–Crippen MR) is 91.0 cm³/mol. The van der Waals surface area contributed by atoms with Gasteiger partial charge >= 0.3 is 0 Å². The van der Waals surface area contributed by atoms with Gasteiger partial charge in [-0.2, -0.15) is 0 Å². The lowest BCUT2D eigenvalue weighted by atomic mass is 9.70. The van der Waals surface area contributed by atoms with Crippen LogP contribution in [0.5, 0.6) is 0 Å². The Morgan fingerprint density at radius 3 is 2.27 bits per heavy atom. The van der Waals surface area contributed by atoms with Crippen LogP contribution in [-0.4, -0.2) is 17.0 Å². The van der Waals surface area contributed by atoms with Crippen LogP contribution in [0.25, 0.3) is 0 Å². The largest absolute Gasteiger partial charge is 0.398 e. The van der Waals surface area contributed by atoms with E-state index in [0.717, 1.165) is 34.5 Å². The Labute approximate surface area is 131 Å². The lowest BCUT2D eigenvalue weighted by Crippen LogP contribution is -2.31. The Morgan fingerprint density at radius 2 is 1.68 bits per heavy atom. The van der Waals surface area contributed by atoms with E-state index in [2.05, 4.69) is 26.0 Å². The van der Waals surface area contributed by atoms with Gasteiger partial charge < -0.3 is 5.73 Å². The lowest BCUT2D eigenvalue weighted by Gasteiger charge is -2.31. The molecule has 0 radical (unpaired) electrons. The van der Waals surface area contributed by atoms with Crippen molar-refractivity contribution in [2.24, 2.45) is 10.4 Å². The van der Waals surface area contributed by atoms with Gasteiger partial charge in [-0.3, -0.25) is 9.79 Å². The maximum atomic E-state index is 12.1. The Bertz CT molecular complexity index is 728. The van der Waals surface area contributed by atoms with E-state index in [1.807, 2.05) is 38.1 Å². The summed E-state index contributed by atoms with van der Waals surface area (Å²) in [5.41, 5.74) is 9.93. The van der Waals surface area contributed by atoms with Gasteiger partial charge in [0.05, 0.1) is 16.7 Å². The first-order chi connectivity index (χ1) is 10.2. The van der Waals surface area contributed by atoms with Crippen LogP contribution >= 0.6 is 0 Å². The van der Waals surface area contributed by atoms with Gasteiger partial charge in [0.15, 0.2) is 5.78 Å². The molecule has 0 saturated carbocycles. The van der Waals surface area contributed by atoms with Gasteiger partial charge in [-0.05, 0) is 51.3 Å². The van der Waals surface area contributed by atoms with E-state index < -0.39 is 0 Å². The highest BCUT2D eigenvalue weighted by atomic mass is 16.1. The summed E-state index contributed by atoms with van der Waals surface area (Å²) in [4.78, 5) is 17.1. The van der Waals surface area contributed by atoms with Gasteiger partial charge in [0.1, 0.15) is 0 Å². The van der Waals surface area contributed by atoms with Crippen LogP contribution in [0.1, 0.15) is 39.7 Å². The molecule has 0 fully saturated rings. The minimum Gasteiger partial charge on any atom is -0.398 e. The molecule has 1 aromatic rings. The molecule has 3 nitrogen and oxygen atoms in total. The highest BCUT2D eigenvalue weighted by Gasteiger charge is 2.46. The van der Waals surface area contributed by atoms with E-state index in [-0.39, 0.29) is 16.7 Å². The van der Waals surface area contributed by atoms with Crippen LogP contribution in [0.4, 0.5) is 5.69 Å². The topological polar surface area (TPSA) is 55.5 Å². The second kappa shape index (κ2) is 4.67. The molecular formula is C19H22N2O. The third-order valence-corrected chi connectivity index (χ3v) is 4.46. The van der Waals surface area contributed by atoms with E-state index >= 15 is 0 Å². The minimum atomic E-state index is -0.332. The summed E-state index contributed by atoms with van der Waals surface area (Å²) in [5, 5.41) is 0. The zero-order valence-electron chi connectivity index (χ0n) is 13.6. The van der Waals surface area contributed by atoms with Crippen LogP contribution < -0.4 is 5.73 Å². The number of carbonyl (C=O) groups excluding carboxylic acids is 1. The van der Waals surface area contributed by atoms with Crippen molar-refractivity contribution in [2.75, 3.05) is 5.73 Å². The molecule has 0 bridgehead atoms. The molecule has 1 aliphatic carbocycles. The number of nitrogen functional groups attached to an aromatic ring is 1. The van der Waals surface area contributed by atoms with E-state index in [1.54, 1.807) is 0 Å². The summed E-state index contributed by atoms with van der Waals surface area (Å²) in [6, 6.07) is 7.82. The average molecular weight is 294 g/mol. The van der Waals surface area contributed by atoms with Crippen molar-refractivity contribution in [3.63, 3.8) is 0 Å². The molecular weight excluding hydrogens is 272 g/mol. The molecule has 0 unspecified atom stereocenters. The van der Waals surface area contributed by atoms with Gasteiger partial charge in [0.2, 0.25) is 0 Å². The molecule has 2 N–H and O–H groups in total. The summed E-state index contributed by atoms with van der Waals surface area (Å²) in [5.74, 6) is 0.121. The van der Waals surface area contributed by atoms with E-state index in [0.29, 0.717) is 0 Å². The fraction of sp³-hybridized carbons (Fsp3) is 0.368. The summed E-state index contributed by atoms with van der Waals surface area (Å²) < 4.78 is 0. The quantitative estimate of drug-likeness (QED) is 0.803. The summed E-state index contributed by atoms with van der Waals surface area (Å²) in [6.45, 7) is 8.03. The highest BCUT2D eigenvalue weighted by Crippen LogP contribution is 2.47. The van der Waals surface area contributed by atoms with Crippen molar-refractivity contribution in [1.29, 1.82) is 0 Å². The zero-order valence-corrected chi connectivity index (χ0v) is 13.6. The van der Waals surface area contributed by atoms with E-state index in [1.165, 1.54) is 0 Å². The van der Waals surface area contributed by atoms with Gasteiger partial charge in [0, 0.05) is 11.3 Å². The molecule has 1 aromatic carbocycles. The molecule has 1 aliphatic heterocycles. The van der Waals surface area contributed by atoms with Crippen LogP contribution in [0.15, 0.2) is 52.6 Å². The van der Waals surface area contributed by atoms with Crippen LogP contribution in [0.2, 0.25) is 0 Å². The maximum Gasteiger partial charge on any atom is 0.183 e. The molecule has 0 atom stereocenters. The van der Waals surface area contributed by atoms with Gasteiger partial charge in [-0.1, -0.05) is 30.4 Å². The first-order valence-corrected chi connectivity index (χ1v) is 7.63. The van der Waals surface area contributed by atoms with E-state index in [4.69, 9.17) is 10.7 Å². The van der Waals surface area contributed by atoms with Crippen molar-refractivity contribution in [1.82, 2.24) is 0 Å². The van der Waals surface area contributed by atoms with Gasteiger partial charge in [0.25, 0.3) is 0 Å². The molecule has 3 rings (SSSR count). The van der Waals surface area contributed by atoms with Crippen molar-refractivity contribution < 1.29 is 4.79 Å². The lowest BCUT2D eigenvalue weighted by molar-refractivity contribution is -0.112. The van der Waals surface area contributed by atoms with Crippen molar-refractivity contribution >= 4 is 17.2 Å².